The van der Waals surface area contributed by atoms with E-state index in [1.54, 1.807) is 0 Å². The van der Waals surface area contributed by atoms with Crippen LogP contribution >= 0.6 is 0 Å². The molecule has 4 N–H and O–H groups in total. The zero-order chi connectivity index (χ0) is 33.9. The lowest BCUT2D eigenvalue weighted by Crippen LogP contribution is -2.03. The quantitative estimate of drug-likeness (QED) is 0.171. The number of anilines is 2. The first-order valence-electron chi connectivity index (χ1n) is 15.5. The highest BCUT2D eigenvalue weighted by molar-refractivity contribution is 5.82. The van der Waals surface area contributed by atoms with Crippen LogP contribution in [0, 0.1) is 22.7 Å². The maximum Gasteiger partial charge on any atom is 0.220 e. The molecule has 4 heterocycles. The van der Waals surface area contributed by atoms with Crippen LogP contribution in [-0.4, -0.2) is 43.1 Å². The van der Waals surface area contributed by atoms with E-state index in [0.717, 1.165) is 81.7 Å². The summed E-state index contributed by atoms with van der Waals surface area (Å²) >= 11 is 0. The average Bonchev–Trinajstić information content (AvgIpc) is 3.10. The van der Waals surface area contributed by atoms with Gasteiger partial charge in [-0.05, 0) is 61.4 Å². The number of fused-ring (bicyclic) bond motifs is 2. The summed E-state index contributed by atoms with van der Waals surface area (Å²) in [6.45, 7) is 4.18. The van der Waals surface area contributed by atoms with Gasteiger partial charge in [0.25, 0.3) is 0 Å². The number of para-hydroxylation sites is 1. The van der Waals surface area contributed by atoms with Crippen molar-refractivity contribution in [2.24, 2.45) is 0 Å². The fourth-order valence-electron chi connectivity index (χ4n) is 5.10. The number of hydrogen-bond acceptors (Lipinski definition) is 12. The lowest BCUT2D eigenvalue weighted by Gasteiger charge is -2.10. The van der Waals surface area contributed by atoms with E-state index in [0.29, 0.717) is 11.5 Å². The second-order valence-electron chi connectivity index (χ2n) is 10.6. The van der Waals surface area contributed by atoms with Crippen molar-refractivity contribution >= 4 is 34.0 Å². The molecule has 0 unspecified atom stereocenters. The van der Waals surface area contributed by atoms with E-state index < -0.39 is 0 Å². The summed E-state index contributed by atoms with van der Waals surface area (Å²) in [6, 6.07) is 26.5. The Morgan fingerprint density at radius 2 is 1.21 bits per heavy atom. The van der Waals surface area contributed by atoms with E-state index in [1.165, 1.54) is 0 Å². The van der Waals surface area contributed by atoms with Gasteiger partial charge in [-0.15, -0.1) is 0 Å². The van der Waals surface area contributed by atoms with Gasteiger partial charge < -0.3 is 20.9 Å². The number of rotatable bonds is 10. The maximum atomic E-state index is 8.73. The molecular weight excluding hydrogens is 604 g/mol. The second kappa shape index (κ2) is 15.7. The lowest BCUT2D eigenvalue weighted by atomic mass is 10.1. The SMILES string of the molecule is CCCc1nc(N)nc2ccc(-c3cccc(OCC#N)c3)nc12.CCCc1nc(N)nc2ccc(-c3ccccc3OCC#N)nc12. The van der Waals surface area contributed by atoms with Crippen molar-refractivity contribution in [3.63, 3.8) is 0 Å². The highest BCUT2D eigenvalue weighted by atomic mass is 16.5. The third-order valence-corrected chi connectivity index (χ3v) is 7.13. The summed E-state index contributed by atoms with van der Waals surface area (Å²) in [4.78, 5) is 26.6. The Morgan fingerprint density at radius 1 is 0.625 bits per heavy atom. The van der Waals surface area contributed by atoms with Gasteiger partial charge in [0.05, 0.1) is 33.8 Å². The number of hydrogen-bond donors (Lipinski definition) is 2. The van der Waals surface area contributed by atoms with Gasteiger partial charge in [-0.3, -0.25) is 0 Å². The number of aromatic nitrogens is 6. The van der Waals surface area contributed by atoms with Crippen molar-refractivity contribution in [3.05, 3.63) is 84.2 Å². The van der Waals surface area contributed by atoms with Crippen LogP contribution in [0.25, 0.3) is 44.6 Å². The third-order valence-electron chi connectivity index (χ3n) is 7.13. The molecule has 0 amide bonds. The van der Waals surface area contributed by atoms with Crippen LogP contribution in [0.15, 0.2) is 72.8 Å². The zero-order valence-corrected chi connectivity index (χ0v) is 26.7. The molecule has 6 aromatic rings. The molecule has 0 aliphatic heterocycles. The number of nitrogens with two attached hydrogens (primary N) is 2. The van der Waals surface area contributed by atoms with Crippen LogP contribution in [0.1, 0.15) is 38.1 Å². The Balaban J connectivity index is 0.000000188. The van der Waals surface area contributed by atoms with Crippen molar-refractivity contribution in [3.8, 4) is 46.2 Å². The van der Waals surface area contributed by atoms with Crippen molar-refractivity contribution in [2.75, 3.05) is 24.7 Å². The summed E-state index contributed by atoms with van der Waals surface area (Å²) in [5.74, 6) is 1.79. The molecule has 0 aliphatic rings. The summed E-state index contributed by atoms with van der Waals surface area (Å²) < 4.78 is 10.8. The molecule has 0 saturated carbocycles. The molecule has 0 saturated heterocycles. The van der Waals surface area contributed by atoms with Gasteiger partial charge in [0, 0.05) is 11.1 Å². The molecule has 0 aliphatic carbocycles. The molecule has 0 spiro atoms. The van der Waals surface area contributed by atoms with E-state index in [-0.39, 0.29) is 25.1 Å². The van der Waals surface area contributed by atoms with Crippen molar-refractivity contribution < 1.29 is 9.47 Å². The minimum Gasteiger partial charge on any atom is -0.479 e. The number of pyridine rings is 2. The molecule has 6 rings (SSSR count). The number of nitriles is 2. The number of ether oxygens (including phenoxy) is 2. The number of aryl methyl sites for hydroxylation is 2. The molecule has 240 valence electrons. The fourth-order valence-corrected chi connectivity index (χ4v) is 5.10. The van der Waals surface area contributed by atoms with Crippen LogP contribution in [-0.2, 0) is 12.8 Å². The van der Waals surface area contributed by atoms with Crippen LogP contribution in [0.4, 0.5) is 11.9 Å². The van der Waals surface area contributed by atoms with Crippen molar-refractivity contribution in [2.45, 2.75) is 39.5 Å². The predicted molar refractivity (Wildman–Crippen MR) is 185 cm³/mol. The molecule has 48 heavy (non-hydrogen) atoms. The van der Waals surface area contributed by atoms with Gasteiger partial charge in [-0.2, -0.15) is 10.5 Å². The first-order valence-corrected chi connectivity index (χ1v) is 15.5. The molecule has 0 atom stereocenters. The Bertz CT molecular complexity index is 2140. The molecule has 0 radical (unpaired) electrons. The second-order valence-corrected chi connectivity index (χ2v) is 10.6. The van der Waals surface area contributed by atoms with E-state index in [1.807, 2.05) is 84.9 Å². The van der Waals surface area contributed by atoms with Gasteiger partial charge in [0.2, 0.25) is 11.9 Å². The molecule has 12 heteroatoms. The monoisotopic (exact) mass is 638 g/mol. The van der Waals surface area contributed by atoms with Crippen molar-refractivity contribution in [1.82, 2.24) is 29.9 Å². The highest BCUT2D eigenvalue weighted by Crippen LogP contribution is 2.30. The zero-order valence-electron chi connectivity index (χ0n) is 26.7. The van der Waals surface area contributed by atoms with Gasteiger partial charge in [-0.1, -0.05) is 51.0 Å². The average molecular weight is 639 g/mol. The van der Waals surface area contributed by atoms with Crippen LogP contribution in [0.5, 0.6) is 11.5 Å². The van der Waals surface area contributed by atoms with Crippen LogP contribution < -0.4 is 20.9 Å². The minimum atomic E-state index is -0.00861. The number of nitrogens with zero attached hydrogens (tertiary/aromatic N) is 8. The van der Waals surface area contributed by atoms with E-state index in [4.69, 9.17) is 41.4 Å². The smallest absolute Gasteiger partial charge is 0.220 e. The Hall–Kier alpha value is -6.40. The summed E-state index contributed by atoms with van der Waals surface area (Å²) in [5.41, 5.74) is 19.5. The molecule has 4 aromatic heterocycles. The van der Waals surface area contributed by atoms with Crippen LogP contribution in [0.2, 0.25) is 0 Å². The third kappa shape index (κ3) is 7.87. The molecule has 0 fully saturated rings. The molecular formula is C36H34N10O2. The van der Waals surface area contributed by atoms with Crippen molar-refractivity contribution in [1.29, 1.82) is 10.5 Å². The lowest BCUT2D eigenvalue weighted by molar-refractivity contribution is 0.368. The minimum absolute atomic E-state index is 0.00861. The topological polar surface area (TPSA) is 195 Å². The summed E-state index contributed by atoms with van der Waals surface area (Å²) in [7, 11) is 0. The first kappa shape index (κ1) is 33.0. The normalized spacial score (nSPS) is 10.5. The van der Waals surface area contributed by atoms with Crippen LogP contribution in [0.3, 0.4) is 0 Å². The van der Waals surface area contributed by atoms with Gasteiger partial charge >= 0.3 is 0 Å². The van der Waals surface area contributed by atoms with E-state index >= 15 is 0 Å². The molecule has 12 nitrogen and oxygen atoms in total. The Morgan fingerprint density at radius 3 is 1.83 bits per heavy atom. The van der Waals surface area contributed by atoms with Gasteiger partial charge in [0.1, 0.15) is 34.7 Å². The van der Waals surface area contributed by atoms with Gasteiger partial charge in [-0.25, -0.2) is 29.9 Å². The highest BCUT2D eigenvalue weighted by Gasteiger charge is 2.13. The standard InChI is InChI=1S/2C18H17N5O/c1-2-5-14-17-15(23-18(20)22-14)9-8-13(21-17)12-6-3-4-7-16(12)24-11-10-19;1-2-4-15-17-16(23-18(20)22-15)8-7-14(21-17)12-5-3-6-13(11-12)24-10-9-19/h3-4,6-9H,2,5,11H2,1H3,(H2,20,22,23);3,5-8,11H,2,4,10H2,1H3,(H2,20,22,23). The summed E-state index contributed by atoms with van der Waals surface area (Å²) in [5, 5.41) is 17.4. The first-order chi connectivity index (χ1) is 23.4. The van der Waals surface area contributed by atoms with E-state index in [2.05, 4.69) is 33.8 Å². The molecule has 0 bridgehead atoms. The Kier molecular flexibility index (Phi) is 10.8. The number of nitrogen functional groups attached to an aromatic ring is 2. The molecule has 2 aromatic carbocycles. The fraction of sp³-hybridized carbons (Fsp3) is 0.222. The van der Waals surface area contributed by atoms with Gasteiger partial charge in [0.15, 0.2) is 13.2 Å². The summed E-state index contributed by atoms with van der Waals surface area (Å²) in [6.07, 6.45) is 3.48. The van der Waals surface area contributed by atoms with E-state index in [9.17, 15) is 0 Å². The number of benzene rings is 2. The predicted octanol–water partition coefficient (Wildman–Crippen LogP) is 6.26. The largest absolute Gasteiger partial charge is 0.479 e. The maximum absolute atomic E-state index is 8.73. The Labute approximate surface area is 278 Å².